The molecule has 0 unspecified atom stereocenters. The predicted octanol–water partition coefficient (Wildman–Crippen LogP) is 6.05. The molecule has 3 aromatic carbocycles. The summed E-state index contributed by atoms with van der Waals surface area (Å²) in [4.78, 5) is 30.5. The highest BCUT2D eigenvalue weighted by Gasteiger charge is 2.26. The van der Waals surface area contributed by atoms with Gasteiger partial charge in [0, 0.05) is 31.6 Å². The van der Waals surface area contributed by atoms with Gasteiger partial charge in [-0.05, 0) is 61.4 Å². The lowest BCUT2D eigenvalue weighted by molar-refractivity contribution is -0.134. The van der Waals surface area contributed by atoms with Crippen molar-refractivity contribution in [2.75, 3.05) is 26.7 Å². The first kappa shape index (κ1) is 26.7. The molecule has 3 aromatic rings. The summed E-state index contributed by atoms with van der Waals surface area (Å²) in [5.74, 6) is 0.614. The lowest BCUT2D eigenvalue weighted by Crippen LogP contribution is -2.45. The van der Waals surface area contributed by atoms with Crippen LogP contribution in [0, 0.1) is 0 Å². The van der Waals surface area contributed by atoms with E-state index in [1.165, 1.54) is 0 Å². The highest BCUT2D eigenvalue weighted by molar-refractivity contribution is 6.31. The molecule has 0 N–H and O–H groups in total. The molecule has 0 spiro atoms. The normalized spacial score (nSPS) is 17.1. The fourth-order valence-corrected chi connectivity index (χ4v) is 5.04. The van der Waals surface area contributed by atoms with Crippen molar-refractivity contribution in [1.29, 1.82) is 0 Å². The summed E-state index contributed by atoms with van der Waals surface area (Å²) in [5, 5.41) is 0.690. The van der Waals surface area contributed by atoms with Gasteiger partial charge in [-0.3, -0.25) is 9.59 Å². The van der Waals surface area contributed by atoms with Gasteiger partial charge >= 0.3 is 0 Å². The first-order valence-electron chi connectivity index (χ1n) is 13.1. The third-order valence-corrected chi connectivity index (χ3v) is 7.30. The minimum absolute atomic E-state index is 0.0397. The average Bonchev–Trinajstić information content (AvgIpc) is 2.93. The Kier molecular flexibility index (Phi) is 9.61. The smallest absolute Gasteiger partial charge is 0.257 e. The number of carbonyl (C=O) groups is 2. The third-order valence-electron chi connectivity index (χ3n) is 6.93. The Morgan fingerprint density at radius 3 is 2.43 bits per heavy atom. The molecule has 5 nitrogen and oxygen atoms in total. The lowest BCUT2D eigenvalue weighted by Gasteiger charge is -2.32. The Balaban J connectivity index is 1.60. The number of rotatable bonds is 5. The van der Waals surface area contributed by atoms with Crippen molar-refractivity contribution in [2.24, 2.45) is 0 Å². The van der Waals surface area contributed by atoms with Gasteiger partial charge in [-0.15, -0.1) is 0 Å². The molecule has 194 valence electrons. The van der Waals surface area contributed by atoms with E-state index in [2.05, 4.69) is 12.1 Å². The molecule has 0 bridgehead atoms. The molecule has 37 heavy (non-hydrogen) atoms. The van der Waals surface area contributed by atoms with Crippen molar-refractivity contribution < 1.29 is 14.3 Å². The van der Waals surface area contributed by atoms with Crippen LogP contribution >= 0.6 is 11.6 Å². The fraction of sp³-hybridized carbons (Fsp3) is 0.355. The van der Waals surface area contributed by atoms with Crippen LogP contribution in [-0.2, 0) is 17.6 Å². The zero-order chi connectivity index (χ0) is 26.0. The number of nitrogens with zero attached hydrogens (tertiary/aromatic N) is 2. The monoisotopic (exact) mass is 518 g/mol. The van der Waals surface area contributed by atoms with Crippen LogP contribution in [0.25, 0.3) is 0 Å². The van der Waals surface area contributed by atoms with Crippen LogP contribution in [0.4, 0.5) is 0 Å². The Morgan fingerprint density at radius 1 is 0.919 bits per heavy atom. The molecule has 0 radical (unpaired) electrons. The number of fused-ring (bicyclic) bond motifs is 1. The Labute approximate surface area is 225 Å². The number of hydrogen-bond acceptors (Lipinski definition) is 3. The summed E-state index contributed by atoms with van der Waals surface area (Å²) in [6.45, 7) is 1.63. The van der Waals surface area contributed by atoms with Crippen LogP contribution in [0.1, 0.15) is 47.2 Å². The maximum atomic E-state index is 13.7. The van der Waals surface area contributed by atoms with Crippen LogP contribution in [0.15, 0.2) is 78.9 Å². The molecule has 1 heterocycles. The zero-order valence-electron chi connectivity index (χ0n) is 21.4. The molecule has 0 fully saturated rings. The number of ether oxygens (including phenoxy) is 1. The van der Waals surface area contributed by atoms with Crippen LogP contribution in [0.2, 0.25) is 5.02 Å². The summed E-state index contributed by atoms with van der Waals surface area (Å²) in [6.07, 6.45) is 4.35. The number of para-hydroxylation sites is 1. The SMILES string of the molecule is CN1CCCCCN(C(=O)CCc2ccccc2Cl)[C@@H](Cc2ccccc2)COc2ccccc2C1=O. The van der Waals surface area contributed by atoms with E-state index in [0.717, 1.165) is 30.4 Å². The lowest BCUT2D eigenvalue weighted by atomic mass is 10.0. The van der Waals surface area contributed by atoms with Crippen molar-refractivity contribution >= 4 is 23.4 Å². The largest absolute Gasteiger partial charge is 0.491 e. The highest BCUT2D eigenvalue weighted by Crippen LogP contribution is 2.23. The quantitative estimate of drug-likeness (QED) is 0.413. The van der Waals surface area contributed by atoms with Crippen LogP contribution < -0.4 is 4.74 Å². The Bertz CT molecular complexity index is 1180. The zero-order valence-corrected chi connectivity index (χ0v) is 22.2. The van der Waals surface area contributed by atoms with Gasteiger partial charge in [0.1, 0.15) is 12.4 Å². The number of hydrogen-bond donors (Lipinski definition) is 0. The maximum Gasteiger partial charge on any atom is 0.257 e. The molecule has 1 aliphatic rings. The highest BCUT2D eigenvalue weighted by atomic mass is 35.5. The van der Waals surface area contributed by atoms with E-state index in [-0.39, 0.29) is 17.9 Å². The predicted molar refractivity (Wildman–Crippen MR) is 148 cm³/mol. The second-order valence-corrected chi connectivity index (χ2v) is 10.0. The van der Waals surface area contributed by atoms with Crippen molar-refractivity contribution in [1.82, 2.24) is 9.80 Å². The maximum absolute atomic E-state index is 13.7. The van der Waals surface area contributed by atoms with Gasteiger partial charge in [-0.25, -0.2) is 0 Å². The van der Waals surface area contributed by atoms with Gasteiger partial charge in [0.2, 0.25) is 5.91 Å². The summed E-state index contributed by atoms with van der Waals surface area (Å²) < 4.78 is 6.30. The summed E-state index contributed by atoms with van der Waals surface area (Å²) >= 11 is 6.36. The van der Waals surface area contributed by atoms with E-state index in [4.69, 9.17) is 16.3 Å². The molecule has 2 amide bonds. The van der Waals surface area contributed by atoms with Gasteiger partial charge in [0.15, 0.2) is 0 Å². The van der Waals surface area contributed by atoms with Crippen molar-refractivity contribution in [3.8, 4) is 5.75 Å². The topological polar surface area (TPSA) is 49.9 Å². The first-order valence-corrected chi connectivity index (χ1v) is 13.4. The van der Waals surface area contributed by atoms with Gasteiger partial charge in [-0.2, -0.15) is 0 Å². The van der Waals surface area contributed by atoms with E-state index in [9.17, 15) is 9.59 Å². The van der Waals surface area contributed by atoms with Gasteiger partial charge in [0.05, 0.1) is 11.6 Å². The van der Waals surface area contributed by atoms with Crippen molar-refractivity contribution in [3.63, 3.8) is 0 Å². The summed E-state index contributed by atoms with van der Waals surface area (Å²) in [5.41, 5.74) is 2.68. The van der Waals surface area contributed by atoms with Crippen LogP contribution in [0.5, 0.6) is 5.75 Å². The summed E-state index contributed by atoms with van der Waals surface area (Å²) in [6, 6.07) is 25.1. The van der Waals surface area contributed by atoms with E-state index < -0.39 is 0 Å². The number of carbonyl (C=O) groups excluding carboxylic acids is 2. The summed E-state index contributed by atoms with van der Waals surface area (Å²) in [7, 11) is 1.83. The second-order valence-electron chi connectivity index (χ2n) is 9.62. The first-order chi connectivity index (χ1) is 18.0. The van der Waals surface area contributed by atoms with Crippen molar-refractivity contribution in [3.05, 3.63) is 101 Å². The van der Waals surface area contributed by atoms with E-state index in [1.54, 1.807) is 4.90 Å². The Hall–Kier alpha value is -3.31. The average molecular weight is 519 g/mol. The molecule has 4 rings (SSSR count). The number of amides is 2. The van der Waals surface area contributed by atoms with Crippen LogP contribution in [0.3, 0.4) is 0 Å². The fourth-order valence-electron chi connectivity index (χ4n) is 4.81. The second kappa shape index (κ2) is 13.3. The standard InChI is InChI=1S/C31H35ClN2O3/c1-33-20-10-3-11-21-34(30(35)19-18-25-14-6-8-16-28(25)32)26(22-24-12-4-2-5-13-24)23-37-29-17-9-7-15-27(29)31(33)36/h2,4-9,12-17,26H,3,10-11,18-23H2,1H3/t26-/m0/s1. The van der Waals surface area contributed by atoms with Gasteiger partial charge in [-0.1, -0.05) is 72.3 Å². The molecule has 1 aliphatic heterocycles. The number of aryl methyl sites for hydroxylation is 1. The van der Waals surface area contributed by atoms with Crippen LogP contribution in [-0.4, -0.2) is 54.4 Å². The van der Waals surface area contributed by atoms with Crippen molar-refractivity contribution in [2.45, 2.75) is 44.6 Å². The minimum atomic E-state index is -0.164. The number of halogens is 1. The number of benzene rings is 3. The molecule has 0 aromatic heterocycles. The van der Waals surface area contributed by atoms with E-state index in [0.29, 0.717) is 55.3 Å². The molecule has 0 saturated carbocycles. The molecule has 0 saturated heterocycles. The third kappa shape index (κ3) is 7.36. The minimum Gasteiger partial charge on any atom is -0.491 e. The van der Waals surface area contributed by atoms with E-state index >= 15 is 0 Å². The molecule has 0 aliphatic carbocycles. The molecule has 6 heteroatoms. The van der Waals surface area contributed by atoms with Gasteiger partial charge in [0.25, 0.3) is 5.91 Å². The van der Waals surface area contributed by atoms with Gasteiger partial charge < -0.3 is 14.5 Å². The Morgan fingerprint density at radius 2 is 1.62 bits per heavy atom. The molecular weight excluding hydrogens is 484 g/mol. The van der Waals surface area contributed by atoms with E-state index in [1.807, 2.05) is 78.7 Å². The molecular formula is C31H35ClN2O3. The molecule has 1 atom stereocenters.